The van der Waals surface area contributed by atoms with Gasteiger partial charge in [0.1, 0.15) is 6.04 Å². The molecule has 0 saturated carbocycles. The molecule has 0 aliphatic carbocycles. The summed E-state index contributed by atoms with van der Waals surface area (Å²) in [7, 11) is 0. The molecule has 0 aromatic carbocycles. The Morgan fingerprint density at radius 1 is 0.774 bits per heavy atom. The van der Waals surface area contributed by atoms with Crippen LogP contribution in [0.15, 0.2) is 36.6 Å². The Balaban J connectivity index is 4.89. The number of rotatable bonds is 35. The number of hydrogen-bond donors (Lipinski definition) is 9. The third-order valence-electron chi connectivity index (χ3n) is 8.56. The number of carboxylic acid groups (broad SMARTS) is 1. The van der Waals surface area contributed by atoms with Crippen molar-refractivity contribution in [1.82, 2.24) is 31.9 Å². The Morgan fingerprint density at radius 2 is 1.45 bits per heavy atom. The number of carboxylic acids is 1. The highest BCUT2D eigenvalue weighted by Crippen LogP contribution is 2.12. The number of allylic oxidation sites excluding steroid dienone is 2. The lowest BCUT2D eigenvalue weighted by molar-refractivity contribution is -0.137. The normalized spacial score (nSPS) is 13.2. The van der Waals surface area contributed by atoms with Gasteiger partial charge in [0, 0.05) is 45.4 Å². The predicted molar refractivity (Wildman–Crippen MR) is 211 cm³/mol. The third-order valence-corrected chi connectivity index (χ3v) is 8.56. The summed E-state index contributed by atoms with van der Waals surface area (Å²) < 4.78 is 0. The van der Waals surface area contributed by atoms with Crippen LogP contribution < -0.4 is 37.6 Å². The molecule has 304 valence electrons. The highest BCUT2D eigenvalue weighted by Gasteiger charge is 2.25. The van der Waals surface area contributed by atoms with Gasteiger partial charge in [0.2, 0.25) is 23.6 Å². The topological polar surface area (TPSA) is 224 Å². The lowest BCUT2D eigenvalue weighted by Gasteiger charge is -2.23. The first kappa shape index (κ1) is 49.2. The van der Waals surface area contributed by atoms with Crippen LogP contribution in [-0.4, -0.2) is 97.3 Å². The molecule has 14 heteroatoms. The van der Waals surface area contributed by atoms with Gasteiger partial charge < -0.3 is 47.8 Å². The second-order valence-electron chi connectivity index (χ2n) is 13.4. The standard InChI is InChI=1S/C39H71N7O7/c1-4-7-9-10-11-12-13-14-15-18-35(48)43-27-26-41-24-22-33(40)38(52)46-34(28-31(17-8-5-2)29-42-23-6-3)39(53)44-25-21-32(30-47)45-36(49)19-16-20-37(50)51/h5-6,8,29,32-34,41-42,47H,3-4,7,9-28,30,40H2,1-2H3,(H,43,48)(H,44,53)(H,45,49)(H,46,52)(H,50,51)/b8-5-,31-29+/t32-,33+,34-/m1/s1. The minimum Gasteiger partial charge on any atom is -0.481 e. The molecule has 0 aliphatic rings. The molecule has 0 saturated heterocycles. The Kier molecular flexibility index (Phi) is 31.6. The Hall–Kier alpha value is -3.75. The van der Waals surface area contributed by atoms with E-state index in [1.807, 2.05) is 19.1 Å². The zero-order chi connectivity index (χ0) is 39.5. The van der Waals surface area contributed by atoms with Crippen molar-refractivity contribution < 1.29 is 34.2 Å². The number of aliphatic hydroxyl groups is 1. The van der Waals surface area contributed by atoms with Crippen molar-refractivity contribution in [2.75, 3.05) is 39.3 Å². The zero-order valence-corrected chi connectivity index (χ0v) is 32.5. The summed E-state index contributed by atoms with van der Waals surface area (Å²) in [5.41, 5.74) is 7.07. The van der Waals surface area contributed by atoms with Crippen LogP contribution in [-0.2, 0) is 24.0 Å². The van der Waals surface area contributed by atoms with Crippen LogP contribution in [0, 0.1) is 0 Å². The minimum atomic E-state index is -0.991. The highest BCUT2D eigenvalue weighted by atomic mass is 16.4. The molecule has 0 spiro atoms. The molecule has 4 amide bonds. The summed E-state index contributed by atoms with van der Waals surface area (Å²) in [6, 6.07) is -2.46. The minimum absolute atomic E-state index is 0.0102. The lowest BCUT2D eigenvalue weighted by atomic mass is 10.0. The van der Waals surface area contributed by atoms with Crippen LogP contribution in [0.25, 0.3) is 0 Å². The number of aliphatic hydroxyl groups excluding tert-OH is 1. The van der Waals surface area contributed by atoms with Gasteiger partial charge in [-0.1, -0.05) is 76.5 Å². The second-order valence-corrected chi connectivity index (χ2v) is 13.4. The molecule has 0 fully saturated rings. The van der Waals surface area contributed by atoms with E-state index in [4.69, 9.17) is 10.8 Å². The summed E-state index contributed by atoms with van der Waals surface area (Å²) >= 11 is 0. The number of amides is 4. The Bertz CT molecular complexity index is 1100. The first-order valence-corrected chi connectivity index (χ1v) is 19.6. The monoisotopic (exact) mass is 750 g/mol. The fourth-order valence-corrected chi connectivity index (χ4v) is 5.40. The molecule has 0 radical (unpaired) electrons. The molecular weight excluding hydrogens is 678 g/mol. The lowest BCUT2D eigenvalue weighted by Crippen LogP contribution is -2.52. The van der Waals surface area contributed by atoms with Gasteiger partial charge >= 0.3 is 5.97 Å². The molecular formula is C39H71N7O7. The number of nitrogens with one attached hydrogen (secondary N) is 6. The van der Waals surface area contributed by atoms with Crippen molar-refractivity contribution >= 4 is 29.6 Å². The van der Waals surface area contributed by atoms with Crippen LogP contribution in [0.4, 0.5) is 0 Å². The summed E-state index contributed by atoms with van der Waals surface area (Å²) in [5, 5.41) is 36.0. The largest absolute Gasteiger partial charge is 0.481 e. The molecule has 0 aliphatic heterocycles. The van der Waals surface area contributed by atoms with Crippen molar-refractivity contribution in [3.05, 3.63) is 36.6 Å². The van der Waals surface area contributed by atoms with Crippen LogP contribution in [0.3, 0.4) is 0 Å². The van der Waals surface area contributed by atoms with E-state index in [1.54, 1.807) is 12.3 Å². The average molecular weight is 750 g/mol. The number of unbranched alkanes of at least 4 members (excludes halogenated alkanes) is 8. The van der Waals surface area contributed by atoms with Gasteiger partial charge in [0.05, 0.1) is 18.7 Å². The molecule has 3 atom stereocenters. The van der Waals surface area contributed by atoms with Gasteiger partial charge in [-0.05, 0) is 63.8 Å². The second kappa shape index (κ2) is 34.0. The SMILES string of the molecule is C=CCN/C=C(\C/C=C\C)C[C@@H](NC(=O)[C@@H](N)CCNCCNC(=O)CCCCCCCCCCC)C(=O)NCC[C@H](CO)NC(=O)CCCC(=O)O. The number of carbonyl (C=O) groups excluding carboxylic acids is 4. The molecule has 53 heavy (non-hydrogen) atoms. The van der Waals surface area contributed by atoms with Crippen LogP contribution in [0.5, 0.6) is 0 Å². The zero-order valence-electron chi connectivity index (χ0n) is 32.5. The smallest absolute Gasteiger partial charge is 0.303 e. The fourth-order valence-electron chi connectivity index (χ4n) is 5.40. The van der Waals surface area contributed by atoms with Gasteiger partial charge in [-0.3, -0.25) is 24.0 Å². The maximum absolute atomic E-state index is 13.4. The number of carbonyl (C=O) groups is 5. The van der Waals surface area contributed by atoms with Gasteiger partial charge in [0.25, 0.3) is 0 Å². The molecule has 0 bridgehead atoms. The molecule has 0 rings (SSSR count). The van der Waals surface area contributed by atoms with E-state index < -0.39 is 35.9 Å². The summed E-state index contributed by atoms with van der Waals surface area (Å²) in [5.74, 6) is -2.25. The van der Waals surface area contributed by atoms with Crippen molar-refractivity contribution in [2.24, 2.45) is 5.73 Å². The maximum atomic E-state index is 13.4. The first-order chi connectivity index (χ1) is 25.6. The van der Waals surface area contributed by atoms with Gasteiger partial charge in [0.15, 0.2) is 0 Å². The first-order valence-electron chi connectivity index (χ1n) is 19.6. The van der Waals surface area contributed by atoms with Crippen molar-refractivity contribution in [1.29, 1.82) is 0 Å². The van der Waals surface area contributed by atoms with E-state index in [2.05, 4.69) is 45.4 Å². The summed E-state index contributed by atoms with van der Waals surface area (Å²) in [6.45, 7) is 9.55. The van der Waals surface area contributed by atoms with Gasteiger partial charge in [-0.2, -0.15) is 0 Å². The van der Waals surface area contributed by atoms with Crippen molar-refractivity contribution in [3.63, 3.8) is 0 Å². The van der Waals surface area contributed by atoms with E-state index in [9.17, 15) is 29.1 Å². The van der Waals surface area contributed by atoms with E-state index in [0.717, 1.165) is 18.4 Å². The Labute approximate surface area is 318 Å². The van der Waals surface area contributed by atoms with E-state index in [0.29, 0.717) is 45.4 Å². The maximum Gasteiger partial charge on any atom is 0.303 e. The molecule has 14 nitrogen and oxygen atoms in total. The van der Waals surface area contributed by atoms with Gasteiger partial charge in [-0.25, -0.2) is 0 Å². The quantitative estimate of drug-likeness (QED) is 0.0340. The van der Waals surface area contributed by atoms with Crippen LogP contribution in [0.2, 0.25) is 0 Å². The molecule has 10 N–H and O–H groups in total. The van der Waals surface area contributed by atoms with E-state index >= 15 is 0 Å². The van der Waals surface area contributed by atoms with Crippen molar-refractivity contribution in [2.45, 2.75) is 141 Å². The van der Waals surface area contributed by atoms with Gasteiger partial charge in [-0.15, -0.1) is 6.58 Å². The highest BCUT2D eigenvalue weighted by molar-refractivity contribution is 5.90. The van der Waals surface area contributed by atoms with E-state index in [1.165, 1.54) is 44.9 Å². The molecule has 0 aromatic heterocycles. The predicted octanol–water partition coefficient (Wildman–Crippen LogP) is 3.07. The molecule has 0 aromatic rings. The molecule has 0 unspecified atom stereocenters. The van der Waals surface area contributed by atoms with Crippen LogP contribution >= 0.6 is 0 Å². The number of nitrogens with two attached hydrogens (primary N) is 1. The fraction of sp³-hybridized carbons (Fsp3) is 0.718. The summed E-state index contributed by atoms with van der Waals surface area (Å²) in [6.07, 6.45) is 20.1. The average Bonchev–Trinajstić information content (AvgIpc) is 3.13. The number of hydrogen-bond acceptors (Lipinski definition) is 9. The van der Waals surface area contributed by atoms with E-state index in [-0.39, 0.29) is 57.1 Å². The summed E-state index contributed by atoms with van der Waals surface area (Å²) in [4.78, 5) is 61.5. The number of aliphatic carboxylic acids is 1. The van der Waals surface area contributed by atoms with Crippen molar-refractivity contribution in [3.8, 4) is 0 Å². The van der Waals surface area contributed by atoms with Crippen LogP contribution in [0.1, 0.15) is 123 Å². The Morgan fingerprint density at radius 3 is 2.09 bits per heavy atom. The third kappa shape index (κ3) is 29.4. The molecule has 0 heterocycles.